The summed E-state index contributed by atoms with van der Waals surface area (Å²) in [6.07, 6.45) is 2.46. The molecule has 0 atom stereocenters. The van der Waals surface area contributed by atoms with Crippen molar-refractivity contribution < 1.29 is 4.92 Å². The molecule has 19 heavy (non-hydrogen) atoms. The van der Waals surface area contributed by atoms with Crippen LogP contribution >= 0.6 is 0 Å². The van der Waals surface area contributed by atoms with E-state index in [1.807, 2.05) is 0 Å². The summed E-state index contributed by atoms with van der Waals surface area (Å²) in [5, 5.41) is 17.1. The number of nitro groups is 1. The van der Waals surface area contributed by atoms with Crippen molar-refractivity contribution in [2.75, 3.05) is 44.6 Å². The molecule has 2 rings (SSSR count). The van der Waals surface area contributed by atoms with Crippen molar-refractivity contribution in [3.05, 3.63) is 28.4 Å². The second-order valence-electron chi connectivity index (χ2n) is 4.53. The first-order valence-electron chi connectivity index (χ1n) is 6.53. The highest BCUT2D eigenvalue weighted by molar-refractivity contribution is 5.43. The molecule has 1 aromatic heterocycles. The molecule has 1 aliphatic heterocycles. The third kappa shape index (κ3) is 4.46. The summed E-state index contributed by atoms with van der Waals surface area (Å²) in [6.45, 7) is 6.12. The van der Waals surface area contributed by atoms with Gasteiger partial charge in [-0.05, 0) is 13.0 Å². The molecule has 0 aromatic carbocycles. The van der Waals surface area contributed by atoms with Gasteiger partial charge in [0.1, 0.15) is 5.82 Å². The Balaban J connectivity index is 1.70. The van der Waals surface area contributed by atoms with Crippen LogP contribution in [0, 0.1) is 10.1 Å². The Morgan fingerprint density at radius 1 is 1.47 bits per heavy atom. The molecule has 2 heterocycles. The van der Waals surface area contributed by atoms with Gasteiger partial charge in [0.2, 0.25) is 0 Å². The molecule has 0 spiro atoms. The molecular formula is C12H19N5O2. The van der Waals surface area contributed by atoms with E-state index in [1.54, 1.807) is 0 Å². The molecule has 7 nitrogen and oxygen atoms in total. The number of anilines is 1. The lowest BCUT2D eigenvalue weighted by atomic mass is 10.3. The molecule has 0 amide bonds. The lowest BCUT2D eigenvalue weighted by Gasteiger charge is -2.27. The van der Waals surface area contributed by atoms with E-state index in [2.05, 4.69) is 20.5 Å². The highest BCUT2D eigenvalue weighted by atomic mass is 16.6. The van der Waals surface area contributed by atoms with Crippen LogP contribution in [0.5, 0.6) is 0 Å². The Hall–Kier alpha value is -1.73. The van der Waals surface area contributed by atoms with Gasteiger partial charge in [-0.2, -0.15) is 0 Å². The van der Waals surface area contributed by atoms with E-state index in [1.165, 1.54) is 18.3 Å². The lowest BCUT2D eigenvalue weighted by molar-refractivity contribution is -0.384. The van der Waals surface area contributed by atoms with Gasteiger partial charge >= 0.3 is 0 Å². The zero-order chi connectivity index (χ0) is 13.5. The molecule has 1 fully saturated rings. The summed E-state index contributed by atoms with van der Waals surface area (Å²) in [6, 6.07) is 2.86. The number of rotatable bonds is 6. The second-order valence-corrected chi connectivity index (χ2v) is 4.53. The third-order valence-corrected chi connectivity index (χ3v) is 3.12. The van der Waals surface area contributed by atoms with Gasteiger partial charge in [0, 0.05) is 45.0 Å². The molecule has 0 saturated carbocycles. The standard InChI is InChI=1S/C12H19N5O2/c18-17(19)11-2-4-15-12(10-11)14-3-1-7-16-8-5-13-6-9-16/h2,4,10,13H,1,3,5-9H2,(H,14,15). The fraction of sp³-hybridized carbons (Fsp3) is 0.583. The minimum absolute atomic E-state index is 0.0691. The summed E-state index contributed by atoms with van der Waals surface area (Å²) in [7, 11) is 0. The van der Waals surface area contributed by atoms with Crippen molar-refractivity contribution in [3.8, 4) is 0 Å². The summed E-state index contributed by atoms with van der Waals surface area (Å²) < 4.78 is 0. The van der Waals surface area contributed by atoms with Crippen LogP contribution < -0.4 is 10.6 Å². The number of hydrogen-bond acceptors (Lipinski definition) is 6. The normalized spacial score (nSPS) is 16.2. The van der Waals surface area contributed by atoms with Crippen LogP contribution in [0.4, 0.5) is 11.5 Å². The van der Waals surface area contributed by atoms with Crippen LogP contribution in [0.15, 0.2) is 18.3 Å². The summed E-state index contributed by atoms with van der Waals surface area (Å²) >= 11 is 0. The van der Waals surface area contributed by atoms with Gasteiger partial charge in [0.15, 0.2) is 0 Å². The largest absolute Gasteiger partial charge is 0.370 e. The smallest absolute Gasteiger partial charge is 0.274 e. The topological polar surface area (TPSA) is 83.3 Å². The van der Waals surface area contributed by atoms with Gasteiger partial charge < -0.3 is 15.5 Å². The number of nitrogens with one attached hydrogen (secondary N) is 2. The maximum absolute atomic E-state index is 10.6. The van der Waals surface area contributed by atoms with Crippen LogP contribution in [-0.4, -0.2) is 54.1 Å². The highest BCUT2D eigenvalue weighted by Crippen LogP contribution is 2.13. The van der Waals surface area contributed by atoms with Gasteiger partial charge in [-0.3, -0.25) is 10.1 Å². The van der Waals surface area contributed by atoms with Gasteiger partial charge in [-0.1, -0.05) is 0 Å². The molecule has 0 unspecified atom stereocenters. The van der Waals surface area contributed by atoms with Gasteiger partial charge in [0.25, 0.3) is 5.69 Å². The molecule has 7 heteroatoms. The first-order valence-corrected chi connectivity index (χ1v) is 6.53. The van der Waals surface area contributed by atoms with E-state index in [4.69, 9.17) is 0 Å². The van der Waals surface area contributed by atoms with Crippen molar-refractivity contribution in [2.24, 2.45) is 0 Å². The Morgan fingerprint density at radius 3 is 3.00 bits per heavy atom. The third-order valence-electron chi connectivity index (χ3n) is 3.12. The van der Waals surface area contributed by atoms with E-state index in [0.29, 0.717) is 5.82 Å². The van der Waals surface area contributed by atoms with Crippen LogP contribution in [0.1, 0.15) is 6.42 Å². The molecule has 104 valence electrons. The van der Waals surface area contributed by atoms with Crippen LogP contribution in [0.3, 0.4) is 0 Å². The fourth-order valence-corrected chi connectivity index (χ4v) is 2.08. The maximum Gasteiger partial charge on any atom is 0.274 e. The summed E-state index contributed by atoms with van der Waals surface area (Å²) in [5.41, 5.74) is 0.0691. The molecule has 1 aromatic rings. The Bertz CT molecular complexity index is 420. The van der Waals surface area contributed by atoms with Crippen molar-refractivity contribution in [2.45, 2.75) is 6.42 Å². The first kappa shape index (κ1) is 13.7. The second kappa shape index (κ2) is 7.01. The van der Waals surface area contributed by atoms with Crippen LogP contribution in [-0.2, 0) is 0 Å². The zero-order valence-corrected chi connectivity index (χ0v) is 10.8. The maximum atomic E-state index is 10.6. The first-order chi connectivity index (χ1) is 9.25. The molecule has 0 radical (unpaired) electrons. The molecule has 0 bridgehead atoms. The monoisotopic (exact) mass is 265 g/mol. The molecule has 1 saturated heterocycles. The minimum atomic E-state index is -0.409. The Labute approximate surface area is 112 Å². The Morgan fingerprint density at radius 2 is 2.26 bits per heavy atom. The summed E-state index contributed by atoms with van der Waals surface area (Å²) in [5.74, 6) is 0.564. The molecule has 2 N–H and O–H groups in total. The highest BCUT2D eigenvalue weighted by Gasteiger charge is 2.09. The van der Waals surface area contributed by atoms with E-state index in [-0.39, 0.29) is 5.69 Å². The molecule has 1 aliphatic rings. The number of nitrogens with zero attached hydrogens (tertiary/aromatic N) is 3. The average Bonchev–Trinajstić information content (AvgIpc) is 2.45. The fourth-order valence-electron chi connectivity index (χ4n) is 2.08. The van der Waals surface area contributed by atoms with Gasteiger partial charge in [-0.15, -0.1) is 0 Å². The van der Waals surface area contributed by atoms with Gasteiger partial charge in [-0.25, -0.2) is 4.98 Å². The van der Waals surface area contributed by atoms with Crippen molar-refractivity contribution in [1.29, 1.82) is 0 Å². The van der Waals surface area contributed by atoms with Crippen molar-refractivity contribution in [1.82, 2.24) is 15.2 Å². The van der Waals surface area contributed by atoms with Crippen LogP contribution in [0.2, 0.25) is 0 Å². The number of hydrogen-bond donors (Lipinski definition) is 2. The van der Waals surface area contributed by atoms with E-state index < -0.39 is 4.92 Å². The quantitative estimate of drug-likeness (QED) is 0.447. The van der Waals surface area contributed by atoms with Crippen molar-refractivity contribution >= 4 is 11.5 Å². The van der Waals surface area contributed by atoms with Gasteiger partial charge in [0.05, 0.1) is 11.0 Å². The van der Waals surface area contributed by atoms with E-state index in [9.17, 15) is 10.1 Å². The van der Waals surface area contributed by atoms with E-state index >= 15 is 0 Å². The SMILES string of the molecule is O=[N+]([O-])c1ccnc(NCCCN2CCNCC2)c1. The number of pyridine rings is 1. The minimum Gasteiger partial charge on any atom is -0.370 e. The lowest BCUT2D eigenvalue weighted by Crippen LogP contribution is -2.44. The average molecular weight is 265 g/mol. The predicted octanol–water partition coefficient (Wildman–Crippen LogP) is 0.697. The van der Waals surface area contributed by atoms with Crippen LogP contribution in [0.25, 0.3) is 0 Å². The zero-order valence-electron chi connectivity index (χ0n) is 10.8. The molecule has 0 aliphatic carbocycles. The van der Waals surface area contributed by atoms with E-state index in [0.717, 1.165) is 45.7 Å². The summed E-state index contributed by atoms with van der Waals surface area (Å²) in [4.78, 5) is 16.7. The predicted molar refractivity (Wildman–Crippen MR) is 73.3 cm³/mol. The Kier molecular flexibility index (Phi) is 5.05. The molecular weight excluding hydrogens is 246 g/mol. The number of aromatic nitrogens is 1. The number of piperazine rings is 1. The van der Waals surface area contributed by atoms with Crippen molar-refractivity contribution in [3.63, 3.8) is 0 Å².